The SMILES string of the molecule is CC(NC(=NCc1cc2c(cc1OC(F)F)OCO2)NCC(=O)N(C)C)c1ccccc1.I. The lowest BCUT2D eigenvalue weighted by Crippen LogP contribution is -2.43. The summed E-state index contributed by atoms with van der Waals surface area (Å²) in [6.45, 7) is -1.02. The first kappa shape index (κ1) is 26.4. The van der Waals surface area contributed by atoms with E-state index in [1.807, 2.05) is 37.3 Å². The summed E-state index contributed by atoms with van der Waals surface area (Å²) in [7, 11) is 3.31. The van der Waals surface area contributed by atoms with E-state index in [1.54, 1.807) is 20.2 Å². The molecule has 1 aliphatic heterocycles. The van der Waals surface area contributed by atoms with Gasteiger partial charge in [0.1, 0.15) is 5.75 Å². The van der Waals surface area contributed by atoms with Gasteiger partial charge in [-0.05, 0) is 18.6 Å². The minimum Gasteiger partial charge on any atom is -0.454 e. The van der Waals surface area contributed by atoms with Crippen molar-refractivity contribution in [1.82, 2.24) is 15.5 Å². The maximum atomic E-state index is 12.9. The highest BCUT2D eigenvalue weighted by molar-refractivity contribution is 14.0. The fourth-order valence-electron chi connectivity index (χ4n) is 2.96. The number of carbonyl (C=O) groups is 1. The normalized spacial score (nSPS) is 13.2. The highest BCUT2D eigenvalue weighted by Gasteiger charge is 2.20. The van der Waals surface area contributed by atoms with Crippen LogP contribution in [0, 0.1) is 0 Å². The third-order valence-electron chi connectivity index (χ3n) is 4.74. The Morgan fingerprint density at radius 1 is 1.18 bits per heavy atom. The van der Waals surface area contributed by atoms with Gasteiger partial charge in [-0.1, -0.05) is 30.3 Å². The topological polar surface area (TPSA) is 84.4 Å². The molecule has 2 aromatic rings. The van der Waals surface area contributed by atoms with Crippen LogP contribution in [0.25, 0.3) is 0 Å². The zero-order valence-electron chi connectivity index (χ0n) is 18.5. The molecule has 0 aliphatic carbocycles. The molecule has 11 heteroatoms. The maximum Gasteiger partial charge on any atom is 0.387 e. The van der Waals surface area contributed by atoms with Gasteiger partial charge in [0.05, 0.1) is 19.1 Å². The minimum absolute atomic E-state index is 0. The van der Waals surface area contributed by atoms with E-state index < -0.39 is 6.61 Å². The van der Waals surface area contributed by atoms with Crippen molar-refractivity contribution in [3.05, 3.63) is 53.6 Å². The van der Waals surface area contributed by atoms with Crippen LogP contribution in [-0.2, 0) is 11.3 Å². The van der Waals surface area contributed by atoms with Crippen molar-refractivity contribution in [2.24, 2.45) is 4.99 Å². The fourth-order valence-corrected chi connectivity index (χ4v) is 2.96. The molecule has 1 amide bonds. The van der Waals surface area contributed by atoms with Gasteiger partial charge in [-0.15, -0.1) is 24.0 Å². The number of amides is 1. The van der Waals surface area contributed by atoms with E-state index in [-0.39, 0.29) is 61.6 Å². The summed E-state index contributed by atoms with van der Waals surface area (Å²) in [6.07, 6.45) is 0. The Morgan fingerprint density at radius 3 is 2.48 bits per heavy atom. The smallest absolute Gasteiger partial charge is 0.387 e. The van der Waals surface area contributed by atoms with Crippen LogP contribution >= 0.6 is 24.0 Å². The Balaban J connectivity index is 0.00000385. The summed E-state index contributed by atoms with van der Waals surface area (Å²) in [5.74, 6) is 0.917. The van der Waals surface area contributed by atoms with Gasteiger partial charge in [-0.25, -0.2) is 4.99 Å². The van der Waals surface area contributed by atoms with Crippen molar-refractivity contribution in [2.75, 3.05) is 27.4 Å². The molecule has 0 radical (unpaired) electrons. The molecule has 0 aromatic heterocycles. The first-order chi connectivity index (χ1) is 15.3. The van der Waals surface area contributed by atoms with Gasteiger partial charge >= 0.3 is 6.61 Å². The van der Waals surface area contributed by atoms with E-state index in [0.29, 0.717) is 23.0 Å². The number of ether oxygens (including phenoxy) is 3. The van der Waals surface area contributed by atoms with E-state index >= 15 is 0 Å². The van der Waals surface area contributed by atoms with Gasteiger partial charge < -0.3 is 29.7 Å². The predicted molar refractivity (Wildman–Crippen MR) is 130 cm³/mol. The first-order valence-electron chi connectivity index (χ1n) is 10.0. The zero-order valence-corrected chi connectivity index (χ0v) is 20.8. The van der Waals surface area contributed by atoms with Crippen molar-refractivity contribution in [2.45, 2.75) is 26.1 Å². The summed E-state index contributed by atoms with van der Waals surface area (Å²) in [6, 6.07) is 12.5. The minimum atomic E-state index is -3.00. The summed E-state index contributed by atoms with van der Waals surface area (Å²) >= 11 is 0. The van der Waals surface area contributed by atoms with E-state index in [1.165, 1.54) is 11.0 Å². The molecule has 0 bridgehead atoms. The number of alkyl halides is 2. The largest absolute Gasteiger partial charge is 0.454 e. The number of hydrogen-bond acceptors (Lipinski definition) is 5. The molecule has 2 N–H and O–H groups in total. The molecule has 2 aromatic carbocycles. The number of halogens is 3. The zero-order chi connectivity index (χ0) is 23.1. The number of carbonyl (C=O) groups excluding carboxylic acids is 1. The molecule has 1 unspecified atom stereocenters. The van der Waals surface area contributed by atoms with Gasteiger partial charge in [0.2, 0.25) is 12.7 Å². The second kappa shape index (κ2) is 12.4. The molecule has 0 saturated heterocycles. The molecule has 33 heavy (non-hydrogen) atoms. The Bertz CT molecular complexity index is 961. The average Bonchev–Trinajstić information content (AvgIpc) is 3.22. The van der Waals surface area contributed by atoms with Crippen molar-refractivity contribution in [3.8, 4) is 17.2 Å². The molecule has 0 spiro atoms. The molecule has 0 fully saturated rings. The number of likely N-dealkylation sites (N-methyl/N-ethyl adjacent to an activating group) is 1. The lowest BCUT2D eigenvalue weighted by molar-refractivity contribution is -0.127. The summed E-state index contributed by atoms with van der Waals surface area (Å²) in [4.78, 5) is 18.0. The molecule has 1 atom stereocenters. The molecule has 180 valence electrons. The van der Waals surface area contributed by atoms with Gasteiger partial charge in [-0.2, -0.15) is 8.78 Å². The second-order valence-corrected chi connectivity index (χ2v) is 7.27. The van der Waals surface area contributed by atoms with E-state index in [0.717, 1.165) is 5.56 Å². The van der Waals surface area contributed by atoms with Crippen LogP contribution in [0.5, 0.6) is 17.2 Å². The van der Waals surface area contributed by atoms with Crippen LogP contribution in [-0.4, -0.2) is 50.8 Å². The number of guanidine groups is 1. The van der Waals surface area contributed by atoms with Gasteiger partial charge in [0, 0.05) is 25.7 Å². The van der Waals surface area contributed by atoms with Crippen molar-refractivity contribution in [1.29, 1.82) is 0 Å². The third-order valence-corrected chi connectivity index (χ3v) is 4.74. The molecule has 1 aliphatic rings. The summed E-state index contributed by atoms with van der Waals surface area (Å²) in [5, 5.41) is 6.22. The number of rotatable bonds is 8. The summed E-state index contributed by atoms with van der Waals surface area (Å²) < 4.78 is 41.0. The second-order valence-electron chi connectivity index (χ2n) is 7.27. The molecular weight excluding hydrogens is 549 g/mol. The van der Waals surface area contributed by atoms with Crippen molar-refractivity contribution >= 4 is 35.8 Å². The Labute approximate surface area is 208 Å². The van der Waals surface area contributed by atoms with Crippen LogP contribution in [0.2, 0.25) is 0 Å². The molecule has 1 heterocycles. The quantitative estimate of drug-likeness (QED) is 0.285. The first-order valence-corrected chi connectivity index (χ1v) is 10.0. The maximum absolute atomic E-state index is 12.9. The number of nitrogens with zero attached hydrogens (tertiary/aromatic N) is 2. The predicted octanol–water partition coefficient (Wildman–Crippen LogP) is 3.52. The number of benzene rings is 2. The number of fused-ring (bicyclic) bond motifs is 1. The molecule has 0 saturated carbocycles. The number of nitrogens with one attached hydrogen (secondary N) is 2. The van der Waals surface area contributed by atoms with E-state index in [9.17, 15) is 13.6 Å². The monoisotopic (exact) mass is 576 g/mol. The summed E-state index contributed by atoms with van der Waals surface area (Å²) in [5.41, 5.74) is 1.41. The van der Waals surface area contributed by atoms with Crippen molar-refractivity contribution < 1.29 is 27.8 Å². The van der Waals surface area contributed by atoms with E-state index in [4.69, 9.17) is 9.47 Å². The van der Waals surface area contributed by atoms with Gasteiger partial charge in [-0.3, -0.25) is 4.79 Å². The standard InChI is InChI=1S/C22H26F2N4O4.HI/c1-14(15-7-5-4-6-8-15)27-22(26-12-20(29)28(2)3)25-11-16-9-18-19(31-13-30-18)10-17(16)32-21(23)24;/h4-10,14,21H,11-13H2,1-3H3,(H2,25,26,27);1H. The highest BCUT2D eigenvalue weighted by Crippen LogP contribution is 2.39. The third kappa shape index (κ3) is 7.62. The van der Waals surface area contributed by atoms with Crippen LogP contribution in [0.3, 0.4) is 0 Å². The highest BCUT2D eigenvalue weighted by atomic mass is 127. The number of aliphatic imine (C=N–C) groups is 1. The fraction of sp³-hybridized carbons (Fsp3) is 0.364. The number of hydrogen-bond donors (Lipinski definition) is 2. The Hall–Kier alpha value is -2.83. The van der Waals surface area contributed by atoms with Crippen molar-refractivity contribution in [3.63, 3.8) is 0 Å². The Morgan fingerprint density at radius 2 is 1.85 bits per heavy atom. The Kier molecular flexibility index (Phi) is 9.95. The average molecular weight is 576 g/mol. The van der Waals surface area contributed by atoms with Crippen LogP contribution in [0.15, 0.2) is 47.5 Å². The molecule has 3 rings (SSSR count). The lowest BCUT2D eigenvalue weighted by atomic mass is 10.1. The van der Waals surface area contributed by atoms with Crippen LogP contribution < -0.4 is 24.8 Å². The van der Waals surface area contributed by atoms with E-state index in [2.05, 4.69) is 20.4 Å². The lowest BCUT2D eigenvalue weighted by Gasteiger charge is -2.20. The molecular formula is C22H27F2IN4O4. The van der Waals surface area contributed by atoms with Gasteiger partial charge in [0.25, 0.3) is 0 Å². The molecule has 8 nitrogen and oxygen atoms in total. The van der Waals surface area contributed by atoms with Crippen LogP contribution in [0.4, 0.5) is 8.78 Å². The van der Waals surface area contributed by atoms with Gasteiger partial charge in [0.15, 0.2) is 17.5 Å². The van der Waals surface area contributed by atoms with Crippen LogP contribution in [0.1, 0.15) is 24.1 Å².